The Morgan fingerprint density at radius 1 is 0.872 bits per heavy atom. The minimum absolute atomic E-state index is 0.0533. The van der Waals surface area contributed by atoms with Gasteiger partial charge in [-0.2, -0.15) is 0 Å². The predicted octanol–water partition coefficient (Wildman–Crippen LogP) is 8.54. The second-order valence-electron chi connectivity index (χ2n) is 10.5. The number of hydrogen-bond acceptors (Lipinski definition) is 5. The normalized spacial score (nSPS) is 11.5. The van der Waals surface area contributed by atoms with Gasteiger partial charge in [0.2, 0.25) is 5.75 Å². The number of benzene rings is 1. The van der Waals surface area contributed by atoms with E-state index in [-0.39, 0.29) is 17.9 Å². The number of aryl methyl sites for hydroxylation is 1. The van der Waals surface area contributed by atoms with E-state index in [0.29, 0.717) is 18.9 Å². The average molecular weight is 540 g/mol. The lowest BCUT2D eigenvalue weighted by Crippen LogP contribution is -2.25. The van der Waals surface area contributed by atoms with Crippen LogP contribution in [0, 0.1) is 0 Å². The zero-order chi connectivity index (χ0) is 28.6. The van der Waals surface area contributed by atoms with E-state index < -0.39 is 5.97 Å². The molecule has 6 nitrogen and oxygen atoms in total. The van der Waals surface area contributed by atoms with Crippen molar-refractivity contribution in [3.8, 4) is 17.2 Å². The maximum absolute atomic E-state index is 13.6. The summed E-state index contributed by atoms with van der Waals surface area (Å²) in [6.45, 7) is 13.3. The van der Waals surface area contributed by atoms with Crippen molar-refractivity contribution in [2.45, 2.75) is 112 Å². The van der Waals surface area contributed by atoms with Crippen LogP contribution in [-0.2, 0) is 11.3 Å². The van der Waals surface area contributed by atoms with Crippen molar-refractivity contribution >= 4 is 16.9 Å². The summed E-state index contributed by atoms with van der Waals surface area (Å²) in [6.07, 6.45) is 15.1. The van der Waals surface area contributed by atoms with Crippen LogP contribution < -0.4 is 19.8 Å². The van der Waals surface area contributed by atoms with Gasteiger partial charge in [0.1, 0.15) is 12.4 Å². The third-order valence-corrected chi connectivity index (χ3v) is 6.65. The fourth-order valence-corrected chi connectivity index (χ4v) is 4.41. The van der Waals surface area contributed by atoms with Crippen molar-refractivity contribution in [1.29, 1.82) is 0 Å². The number of allylic oxidation sites excluding steroid dienone is 3. The number of aromatic nitrogens is 1. The number of pyridine rings is 1. The molecule has 1 aromatic carbocycles. The van der Waals surface area contributed by atoms with Crippen LogP contribution in [0.1, 0.15) is 106 Å². The van der Waals surface area contributed by atoms with E-state index in [2.05, 4.69) is 40.7 Å². The van der Waals surface area contributed by atoms with E-state index in [1.807, 2.05) is 24.3 Å². The Morgan fingerprint density at radius 2 is 1.59 bits per heavy atom. The number of hydrogen-bond donors (Lipinski definition) is 0. The fourth-order valence-electron chi connectivity index (χ4n) is 4.41. The van der Waals surface area contributed by atoms with Gasteiger partial charge in [-0.3, -0.25) is 9.59 Å². The number of ether oxygens (including phenoxy) is 3. The molecule has 216 valence electrons. The molecule has 6 heteroatoms. The summed E-state index contributed by atoms with van der Waals surface area (Å²) in [7, 11) is 0. The Labute approximate surface area is 235 Å². The summed E-state index contributed by atoms with van der Waals surface area (Å²) in [5, 5.41) is 0.726. The minimum atomic E-state index is -0.550. The van der Waals surface area contributed by atoms with Gasteiger partial charge >= 0.3 is 5.97 Å². The monoisotopic (exact) mass is 539 g/mol. The number of carbonyl (C=O) groups excluding carboxylic acids is 1. The van der Waals surface area contributed by atoms with Crippen molar-refractivity contribution in [3.63, 3.8) is 0 Å². The van der Waals surface area contributed by atoms with Crippen LogP contribution in [0.2, 0.25) is 0 Å². The smallest absolute Gasteiger partial charge is 0.308 e. The van der Waals surface area contributed by atoms with E-state index in [1.165, 1.54) is 43.8 Å². The van der Waals surface area contributed by atoms with Crippen LogP contribution in [-0.4, -0.2) is 23.8 Å². The molecule has 2 rings (SSSR count). The summed E-state index contributed by atoms with van der Waals surface area (Å²) >= 11 is 0. The van der Waals surface area contributed by atoms with Gasteiger partial charge in [-0.1, -0.05) is 69.6 Å². The highest BCUT2D eigenvalue weighted by Crippen LogP contribution is 2.35. The molecule has 0 fully saturated rings. The van der Waals surface area contributed by atoms with E-state index in [9.17, 15) is 9.59 Å². The largest absolute Gasteiger partial charge is 0.494 e. The maximum atomic E-state index is 13.6. The van der Waals surface area contributed by atoms with Crippen LogP contribution in [0.5, 0.6) is 17.2 Å². The van der Waals surface area contributed by atoms with Gasteiger partial charge in [-0.15, -0.1) is 0 Å². The molecular weight excluding hydrogens is 490 g/mol. The van der Waals surface area contributed by atoms with Crippen LogP contribution >= 0.6 is 0 Å². The molecule has 0 aliphatic rings. The lowest BCUT2D eigenvalue weighted by Gasteiger charge is -2.18. The minimum Gasteiger partial charge on any atom is -0.494 e. The molecule has 0 saturated carbocycles. The highest BCUT2D eigenvalue weighted by atomic mass is 16.6. The molecule has 0 N–H and O–H groups in total. The Morgan fingerprint density at radius 3 is 2.28 bits per heavy atom. The molecule has 1 aromatic heterocycles. The zero-order valence-corrected chi connectivity index (χ0v) is 25.1. The third-order valence-electron chi connectivity index (χ3n) is 6.65. The third kappa shape index (κ3) is 10.9. The Bertz CT molecular complexity index is 1170. The van der Waals surface area contributed by atoms with Crippen LogP contribution in [0.15, 0.2) is 46.3 Å². The molecule has 0 aliphatic carbocycles. The van der Waals surface area contributed by atoms with E-state index in [4.69, 9.17) is 14.2 Å². The van der Waals surface area contributed by atoms with Crippen LogP contribution in [0.25, 0.3) is 10.9 Å². The second kappa shape index (κ2) is 17.5. The first-order chi connectivity index (χ1) is 18.8. The standard InChI is InChI=1S/C33H49NO5/c1-7-9-11-12-13-14-22-37-28-18-19-29-30(24-28)34(21-10-8-2)33(36)32(39-27(6)35)31(29)38-23-20-26(5)17-15-16-25(3)4/h16,18-20,24H,7-15,17,21-23H2,1-6H3/b26-20+. The molecule has 39 heavy (non-hydrogen) atoms. The molecule has 1 heterocycles. The summed E-state index contributed by atoms with van der Waals surface area (Å²) in [6, 6.07) is 5.72. The molecule has 0 saturated heterocycles. The summed E-state index contributed by atoms with van der Waals surface area (Å²) < 4.78 is 19.3. The molecule has 0 radical (unpaired) electrons. The number of nitrogens with zero attached hydrogens (tertiary/aromatic N) is 1. The SMILES string of the molecule is CCCCCCCCOc1ccc2c(OC/C=C(\C)CCC=C(C)C)c(OC(C)=O)c(=O)n(CCCC)c2c1. The summed E-state index contributed by atoms with van der Waals surface area (Å²) in [5.74, 6) is 0.420. The van der Waals surface area contributed by atoms with Gasteiger partial charge in [-0.05, 0) is 64.7 Å². The van der Waals surface area contributed by atoms with Crippen molar-refractivity contribution in [2.75, 3.05) is 13.2 Å². The molecule has 0 atom stereocenters. The number of carbonyl (C=O) groups is 1. The lowest BCUT2D eigenvalue weighted by atomic mass is 10.1. The first-order valence-corrected chi connectivity index (χ1v) is 14.7. The maximum Gasteiger partial charge on any atom is 0.308 e. The van der Waals surface area contributed by atoms with E-state index >= 15 is 0 Å². The Kier molecular flexibility index (Phi) is 14.5. The van der Waals surface area contributed by atoms with E-state index in [1.54, 1.807) is 4.57 Å². The van der Waals surface area contributed by atoms with Gasteiger partial charge < -0.3 is 18.8 Å². The number of fused-ring (bicyclic) bond motifs is 1. The van der Waals surface area contributed by atoms with Crippen molar-refractivity contribution < 1.29 is 19.0 Å². The van der Waals surface area contributed by atoms with Gasteiger partial charge in [0.15, 0.2) is 5.75 Å². The highest BCUT2D eigenvalue weighted by molar-refractivity contribution is 5.90. The van der Waals surface area contributed by atoms with Gasteiger partial charge in [-0.25, -0.2) is 0 Å². The van der Waals surface area contributed by atoms with Crippen molar-refractivity contribution in [1.82, 2.24) is 4.57 Å². The molecule has 0 unspecified atom stereocenters. The number of esters is 1. The van der Waals surface area contributed by atoms with Crippen molar-refractivity contribution in [3.05, 3.63) is 51.9 Å². The fraction of sp³-hybridized carbons (Fsp3) is 0.576. The Balaban J connectivity index is 2.36. The Hall–Kier alpha value is -3.02. The molecule has 2 aromatic rings. The van der Waals surface area contributed by atoms with Gasteiger partial charge in [0.05, 0.1) is 12.1 Å². The van der Waals surface area contributed by atoms with Gasteiger partial charge in [0.25, 0.3) is 5.56 Å². The second-order valence-corrected chi connectivity index (χ2v) is 10.5. The zero-order valence-electron chi connectivity index (χ0n) is 25.1. The summed E-state index contributed by atoms with van der Waals surface area (Å²) in [4.78, 5) is 25.5. The number of unbranched alkanes of at least 4 members (excludes halogenated alkanes) is 6. The predicted molar refractivity (Wildman–Crippen MR) is 161 cm³/mol. The average Bonchev–Trinajstić information content (AvgIpc) is 2.89. The quantitative estimate of drug-likeness (QED) is 0.108. The lowest BCUT2D eigenvalue weighted by molar-refractivity contribution is -0.132. The van der Waals surface area contributed by atoms with Crippen molar-refractivity contribution in [2.24, 2.45) is 0 Å². The van der Waals surface area contributed by atoms with Crippen LogP contribution in [0.3, 0.4) is 0 Å². The molecule has 0 bridgehead atoms. The first-order valence-electron chi connectivity index (χ1n) is 14.7. The molecule has 0 aliphatic heterocycles. The number of rotatable bonds is 18. The molecule has 0 spiro atoms. The first kappa shape index (κ1) is 32.2. The highest BCUT2D eigenvalue weighted by Gasteiger charge is 2.21. The molecule has 0 amide bonds. The summed E-state index contributed by atoms with van der Waals surface area (Å²) in [5.41, 5.74) is 2.87. The molecular formula is C33H49NO5. The van der Waals surface area contributed by atoms with Gasteiger partial charge in [0, 0.05) is 24.9 Å². The topological polar surface area (TPSA) is 66.8 Å². The van der Waals surface area contributed by atoms with Crippen LogP contribution in [0.4, 0.5) is 0 Å². The van der Waals surface area contributed by atoms with E-state index in [0.717, 1.165) is 55.2 Å².